The highest BCUT2D eigenvalue weighted by molar-refractivity contribution is 6.35. The van der Waals surface area contributed by atoms with Crippen LogP contribution in [0.5, 0.6) is 5.75 Å². The number of ether oxygens (including phenoxy) is 2. The number of anilines is 2. The average molecular weight is 562 g/mol. The third kappa shape index (κ3) is 5.68. The molecule has 0 atom stereocenters. The fourth-order valence-electron chi connectivity index (χ4n) is 4.79. The van der Waals surface area contributed by atoms with Crippen LogP contribution in [0.25, 0.3) is 0 Å². The predicted octanol–water partition coefficient (Wildman–Crippen LogP) is 6.07. The molecule has 0 saturated carbocycles. The van der Waals surface area contributed by atoms with Crippen molar-refractivity contribution in [3.8, 4) is 5.75 Å². The van der Waals surface area contributed by atoms with E-state index in [1.165, 1.54) is 6.20 Å². The number of methoxy groups -OCH3 is 1. The molecule has 1 fully saturated rings. The minimum absolute atomic E-state index is 0.0355. The minimum Gasteiger partial charge on any atom is -0.497 e. The van der Waals surface area contributed by atoms with Crippen molar-refractivity contribution in [2.45, 2.75) is 32.2 Å². The number of nitro groups is 1. The standard InChI is InChI=1S/C29H28ClN5O5/c1-18-27(35(37)38)29(33-34(18)17-19-7-9-21(39-2)10-8-19)32-26-15-25(20-11-13-40-14-12-20)31-16-23(26)28(36)22-5-3-4-6-24(22)30/h3-10,15-16,20H,11-14,17H2,1-2H3,(H,31,32,33). The topological polar surface area (TPSA) is 121 Å². The van der Waals surface area contributed by atoms with Crippen LogP contribution in [0, 0.1) is 17.0 Å². The molecule has 11 heteroatoms. The fraction of sp³-hybridized carbons (Fsp3) is 0.276. The van der Waals surface area contributed by atoms with Gasteiger partial charge in [-0.1, -0.05) is 35.9 Å². The smallest absolute Gasteiger partial charge is 0.334 e. The maximum absolute atomic E-state index is 13.6. The highest BCUT2D eigenvalue weighted by Gasteiger charge is 2.28. The fourth-order valence-corrected chi connectivity index (χ4v) is 5.01. The zero-order valence-corrected chi connectivity index (χ0v) is 22.9. The van der Waals surface area contributed by atoms with Gasteiger partial charge in [-0.15, -0.1) is 5.10 Å². The summed E-state index contributed by atoms with van der Waals surface area (Å²) in [6.45, 7) is 3.20. The third-order valence-corrected chi connectivity index (χ3v) is 7.36. The predicted molar refractivity (Wildman–Crippen MR) is 151 cm³/mol. The van der Waals surface area contributed by atoms with Crippen molar-refractivity contribution in [1.29, 1.82) is 0 Å². The van der Waals surface area contributed by atoms with Crippen LogP contribution in [0.3, 0.4) is 0 Å². The minimum atomic E-state index is -0.467. The summed E-state index contributed by atoms with van der Waals surface area (Å²) in [7, 11) is 1.59. The van der Waals surface area contributed by atoms with Crippen molar-refractivity contribution < 1.29 is 19.2 Å². The molecule has 206 valence electrons. The van der Waals surface area contributed by atoms with Crippen LogP contribution in [0.2, 0.25) is 5.02 Å². The van der Waals surface area contributed by atoms with E-state index in [4.69, 9.17) is 21.1 Å². The molecule has 2 aromatic heterocycles. The second kappa shape index (κ2) is 11.8. The molecule has 10 nitrogen and oxygen atoms in total. The first kappa shape index (κ1) is 27.3. The van der Waals surface area contributed by atoms with Gasteiger partial charge in [0.05, 0.1) is 34.9 Å². The van der Waals surface area contributed by atoms with Gasteiger partial charge in [0, 0.05) is 36.6 Å². The van der Waals surface area contributed by atoms with Gasteiger partial charge in [-0.25, -0.2) is 0 Å². The van der Waals surface area contributed by atoms with E-state index in [1.807, 2.05) is 24.3 Å². The molecule has 0 unspecified atom stereocenters. The van der Waals surface area contributed by atoms with Crippen LogP contribution in [-0.4, -0.2) is 45.8 Å². The number of halogens is 1. The lowest BCUT2D eigenvalue weighted by atomic mass is 9.94. The summed E-state index contributed by atoms with van der Waals surface area (Å²) in [6.07, 6.45) is 3.09. The van der Waals surface area contributed by atoms with E-state index >= 15 is 0 Å². The zero-order valence-electron chi connectivity index (χ0n) is 22.1. The molecule has 1 aliphatic heterocycles. The normalized spacial score (nSPS) is 13.7. The molecule has 0 amide bonds. The number of nitrogens with zero attached hydrogens (tertiary/aromatic N) is 4. The molecule has 0 spiro atoms. The number of carbonyl (C=O) groups is 1. The monoisotopic (exact) mass is 561 g/mol. The van der Waals surface area contributed by atoms with Gasteiger partial charge in [-0.2, -0.15) is 0 Å². The number of nitrogens with one attached hydrogen (secondary N) is 1. The first-order chi connectivity index (χ1) is 19.4. The molecule has 4 aromatic rings. The first-order valence-electron chi connectivity index (χ1n) is 12.8. The van der Waals surface area contributed by atoms with Crippen molar-refractivity contribution in [2.24, 2.45) is 0 Å². The van der Waals surface area contributed by atoms with E-state index in [-0.39, 0.29) is 28.8 Å². The Morgan fingerprint density at radius 3 is 2.58 bits per heavy atom. The Kier molecular flexibility index (Phi) is 8.09. The summed E-state index contributed by atoms with van der Waals surface area (Å²) in [5.41, 5.74) is 2.80. The number of rotatable bonds is 9. The van der Waals surface area contributed by atoms with E-state index in [1.54, 1.807) is 49.0 Å². The molecule has 40 heavy (non-hydrogen) atoms. The highest BCUT2D eigenvalue weighted by Crippen LogP contribution is 2.35. The number of hydrogen-bond acceptors (Lipinski definition) is 8. The Morgan fingerprint density at radius 2 is 1.90 bits per heavy atom. The van der Waals surface area contributed by atoms with Gasteiger partial charge in [0.25, 0.3) is 0 Å². The molecule has 3 heterocycles. The Bertz CT molecular complexity index is 1550. The van der Waals surface area contributed by atoms with Crippen molar-refractivity contribution in [1.82, 2.24) is 14.8 Å². The number of benzene rings is 2. The maximum atomic E-state index is 13.6. The van der Waals surface area contributed by atoms with Gasteiger partial charge in [0.1, 0.15) is 11.4 Å². The van der Waals surface area contributed by atoms with Crippen molar-refractivity contribution in [3.05, 3.63) is 104 Å². The van der Waals surface area contributed by atoms with Crippen LogP contribution in [0.15, 0.2) is 60.8 Å². The maximum Gasteiger partial charge on any atom is 0.334 e. The SMILES string of the molecule is COc1ccc(Cn2nc(Nc3cc(C4CCOCC4)ncc3C(=O)c3ccccc3Cl)c([N+](=O)[O-])c2C)cc1. The number of ketones is 1. The summed E-state index contributed by atoms with van der Waals surface area (Å²) in [4.78, 5) is 29.9. The summed E-state index contributed by atoms with van der Waals surface area (Å²) in [5, 5.41) is 20.1. The summed E-state index contributed by atoms with van der Waals surface area (Å²) >= 11 is 6.33. The van der Waals surface area contributed by atoms with E-state index in [0.29, 0.717) is 47.5 Å². The zero-order chi connectivity index (χ0) is 28.2. The number of carbonyl (C=O) groups excluding carboxylic acids is 1. The van der Waals surface area contributed by atoms with Gasteiger partial charge in [0.15, 0.2) is 5.78 Å². The third-order valence-electron chi connectivity index (χ3n) is 7.03. The molecule has 1 N–H and O–H groups in total. The quantitative estimate of drug-likeness (QED) is 0.148. The van der Waals surface area contributed by atoms with E-state index in [2.05, 4.69) is 15.4 Å². The van der Waals surface area contributed by atoms with Gasteiger partial charge < -0.3 is 14.8 Å². The van der Waals surface area contributed by atoms with Crippen LogP contribution in [-0.2, 0) is 11.3 Å². The number of aromatic nitrogens is 3. The van der Waals surface area contributed by atoms with Crippen LogP contribution in [0.1, 0.15) is 51.6 Å². The summed E-state index contributed by atoms with van der Waals surface area (Å²) in [6, 6.07) is 15.9. The summed E-state index contributed by atoms with van der Waals surface area (Å²) in [5.74, 6) is 0.538. The van der Waals surface area contributed by atoms with Crippen molar-refractivity contribution >= 4 is 34.6 Å². The Morgan fingerprint density at radius 1 is 1.18 bits per heavy atom. The second-order valence-corrected chi connectivity index (χ2v) is 9.93. The van der Waals surface area contributed by atoms with Gasteiger partial charge in [-0.3, -0.25) is 24.6 Å². The average Bonchev–Trinajstić information content (AvgIpc) is 3.27. The Hall–Kier alpha value is -4.28. The van der Waals surface area contributed by atoms with Crippen molar-refractivity contribution in [2.75, 3.05) is 25.6 Å². The van der Waals surface area contributed by atoms with E-state index in [0.717, 1.165) is 24.1 Å². The van der Waals surface area contributed by atoms with E-state index < -0.39 is 4.92 Å². The van der Waals surface area contributed by atoms with Gasteiger partial charge >= 0.3 is 5.69 Å². The first-order valence-corrected chi connectivity index (χ1v) is 13.2. The Labute approximate surface area is 236 Å². The van der Waals surface area contributed by atoms with Gasteiger partial charge in [0.2, 0.25) is 5.82 Å². The lowest BCUT2D eigenvalue weighted by molar-refractivity contribution is -0.384. The lowest BCUT2D eigenvalue weighted by Crippen LogP contribution is -2.16. The summed E-state index contributed by atoms with van der Waals surface area (Å²) < 4.78 is 12.3. The van der Waals surface area contributed by atoms with E-state index in [9.17, 15) is 14.9 Å². The molecule has 1 aliphatic rings. The Balaban J connectivity index is 1.55. The molecule has 0 aliphatic carbocycles. The molecule has 0 bridgehead atoms. The lowest BCUT2D eigenvalue weighted by Gasteiger charge is -2.22. The van der Waals surface area contributed by atoms with Crippen LogP contribution < -0.4 is 10.1 Å². The highest BCUT2D eigenvalue weighted by atomic mass is 35.5. The molecule has 5 rings (SSSR count). The largest absolute Gasteiger partial charge is 0.497 e. The number of pyridine rings is 1. The van der Waals surface area contributed by atoms with Crippen molar-refractivity contribution in [3.63, 3.8) is 0 Å². The molecule has 2 aromatic carbocycles. The van der Waals surface area contributed by atoms with Crippen LogP contribution in [0.4, 0.5) is 17.2 Å². The van der Waals surface area contributed by atoms with Gasteiger partial charge in [-0.05, 0) is 55.7 Å². The molecular formula is C29H28ClN5O5. The number of hydrogen-bond donors (Lipinski definition) is 1. The molecule has 0 radical (unpaired) electrons. The molecule has 1 saturated heterocycles. The van der Waals surface area contributed by atoms with Crippen LogP contribution >= 0.6 is 11.6 Å². The molecular weight excluding hydrogens is 534 g/mol. The second-order valence-electron chi connectivity index (χ2n) is 9.52.